The molecule has 0 aromatic heterocycles. The van der Waals surface area contributed by atoms with Gasteiger partial charge < -0.3 is 9.47 Å². The standard InChI is InChI=1S/C22H15Br2F3O2/c23-21(24)12-13-28-20-11-10-18(14-19(20)22(25,26)27)29-17-8-6-16(7-9-17)15-4-2-1-3-5-15/h1-12,14H,13H2. The second-order valence-electron chi connectivity index (χ2n) is 5.95. The molecule has 0 radical (unpaired) electrons. The molecule has 0 aliphatic carbocycles. The average molecular weight is 528 g/mol. The van der Waals surface area contributed by atoms with Gasteiger partial charge in [0.25, 0.3) is 0 Å². The number of rotatable bonds is 6. The molecule has 0 aliphatic rings. The molecular weight excluding hydrogens is 513 g/mol. The molecule has 0 aliphatic heterocycles. The van der Waals surface area contributed by atoms with Crippen LogP contribution in [0.1, 0.15) is 5.56 Å². The zero-order valence-electron chi connectivity index (χ0n) is 14.9. The minimum atomic E-state index is -4.57. The highest BCUT2D eigenvalue weighted by atomic mass is 79.9. The highest BCUT2D eigenvalue weighted by Crippen LogP contribution is 2.39. The van der Waals surface area contributed by atoms with Crippen LogP contribution in [-0.4, -0.2) is 6.61 Å². The van der Waals surface area contributed by atoms with Gasteiger partial charge in [0.05, 0.1) is 3.39 Å². The molecular formula is C22H15Br2F3O2. The summed E-state index contributed by atoms with van der Waals surface area (Å²) in [5.74, 6) is 0.258. The monoisotopic (exact) mass is 526 g/mol. The highest BCUT2D eigenvalue weighted by molar-refractivity contribution is 9.28. The molecule has 0 spiro atoms. The fourth-order valence-electron chi connectivity index (χ4n) is 2.60. The number of hydrogen-bond acceptors (Lipinski definition) is 2. The zero-order valence-corrected chi connectivity index (χ0v) is 18.1. The van der Waals surface area contributed by atoms with E-state index in [4.69, 9.17) is 9.47 Å². The summed E-state index contributed by atoms with van der Waals surface area (Å²) in [5, 5.41) is 0. The van der Waals surface area contributed by atoms with Crippen LogP contribution in [0.15, 0.2) is 82.3 Å². The Morgan fingerprint density at radius 2 is 1.45 bits per heavy atom. The van der Waals surface area contributed by atoms with Crippen LogP contribution in [0.2, 0.25) is 0 Å². The van der Waals surface area contributed by atoms with Crippen molar-refractivity contribution in [2.75, 3.05) is 6.61 Å². The first-order chi connectivity index (χ1) is 13.8. The van der Waals surface area contributed by atoms with Gasteiger partial charge >= 0.3 is 6.18 Å². The van der Waals surface area contributed by atoms with Gasteiger partial charge in [0.1, 0.15) is 29.4 Å². The summed E-state index contributed by atoms with van der Waals surface area (Å²) in [6.45, 7) is -0.0178. The van der Waals surface area contributed by atoms with Gasteiger partial charge in [-0.2, -0.15) is 13.2 Å². The Morgan fingerprint density at radius 1 is 0.828 bits per heavy atom. The zero-order chi connectivity index (χ0) is 20.9. The second kappa shape index (κ2) is 9.50. The Kier molecular flexibility index (Phi) is 7.03. The molecule has 7 heteroatoms. The highest BCUT2D eigenvalue weighted by Gasteiger charge is 2.35. The van der Waals surface area contributed by atoms with Gasteiger partial charge in [-0.15, -0.1) is 0 Å². The first kappa shape index (κ1) is 21.5. The molecule has 0 N–H and O–H groups in total. The Balaban J connectivity index is 1.79. The third-order valence-electron chi connectivity index (χ3n) is 3.93. The molecule has 150 valence electrons. The molecule has 0 fully saturated rings. The quantitative estimate of drug-likeness (QED) is 0.322. The van der Waals surface area contributed by atoms with E-state index in [1.807, 2.05) is 42.5 Å². The van der Waals surface area contributed by atoms with E-state index in [-0.39, 0.29) is 18.1 Å². The summed E-state index contributed by atoms with van der Waals surface area (Å²) >= 11 is 6.26. The van der Waals surface area contributed by atoms with Crippen LogP contribution < -0.4 is 9.47 Å². The molecule has 2 nitrogen and oxygen atoms in total. The summed E-state index contributed by atoms with van der Waals surface area (Å²) in [5.41, 5.74) is 1.14. The maximum absolute atomic E-state index is 13.4. The SMILES string of the molecule is FC(F)(F)c1cc(Oc2ccc(-c3ccccc3)cc2)ccc1OCC=C(Br)Br. The molecule has 0 heterocycles. The largest absolute Gasteiger partial charge is 0.489 e. The lowest BCUT2D eigenvalue weighted by Gasteiger charge is -2.15. The van der Waals surface area contributed by atoms with Gasteiger partial charge in [-0.05, 0) is 79.4 Å². The predicted octanol–water partition coefficient (Wildman–Crippen LogP) is 8.17. The summed E-state index contributed by atoms with van der Waals surface area (Å²) < 4.78 is 51.7. The summed E-state index contributed by atoms with van der Waals surface area (Å²) in [6, 6.07) is 20.6. The number of hydrogen-bond donors (Lipinski definition) is 0. The molecule has 0 bridgehead atoms. The van der Waals surface area contributed by atoms with E-state index < -0.39 is 11.7 Å². The van der Waals surface area contributed by atoms with Gasteiger partial charge in [0.2, 0.25) is 0 Å². The Morgan fingerprint density at radius 3 is 2.07 bits per heavy atom. The van der Waals surface area contributed by atoms with E-state index in [1.165, 1.54) is 12.1 Å². The summed E-state index contributed by atoms with van der Waals surface area (Å²) in [4.78, 5) is 0. The summed E-state index contributed by atoms with van der Waals surface area (Å²) in [6.07, 6.45) is -3.01. The Labute approximate surface area is 183 Å². The lowest BCUT2D eigenvalue weighted by atomic mass is 10.1. The minimum absolute atomic E-state index is 0.0178. The summed E-state index contributed by atoms with van der Waals surface area (Å²) in [7, 11) is 0. The molecule has 0 unspecified atom stereocenters. The van der Waals surface area contributed by atoms with Crippen LogP contribution in [-0.2, 0) is 6.18 Å². The molecule has 0 amide bonds. The van der Waals surface area contributed by atoms with E-state index in [9.17, 15) is 13.2 Å². The van der Waals surface area contributed by atoms with E-state index in [0.717, 1.165) is 17.2 Å². The van der Waals surface area contributed by atoms with Crippen LogP contribution in [0.3, 0.4) is 0 Å². The normalized spacial score (nSPS) is 11.1. The first-order valence-electron chi connectivity index (χ1n) is 8.51. The van der Waals surface area contributed by atoms with E-state index in [1.54, 1.807) is 18.2 Å². The number of ether oxygens (including phenoxy) is 2. The van der Waals surface area contributed by atoms with E-state index in [0.29, 0.717) is 9.14 Å². The lowest BCUT2D eigenvalue weighted by Crippen LogP contribution is -2.09. The van der Waals surface area contributed by atoms with Gasteiger partial charge in [0, 0.05) is 0 Å². The van der Waals surface area contributed by atoms with Crippen LogP contribution in [0.4, 0.5) is 13.2 Å². The minimum Gasteiger partial charge on any atom is -0.489 e. The Bertz CT molecular complexity index is 981. The first-order valence-corrected chi connectivity index (χ1v) is 10.1. The van der Waals surface area contributed by atoms with Crippen molar-refractivity contribution < 1.29 is 22.6 Å². The van der Waals surface area contributed by atoms with Gasteiger partial charge in [-0.25, -0.2) is 0 Å². The van der Waals surface area contributed by atoms with Gasteiger partial charge in [0.15, 0.2) is 0 Å². The number of alkyl halides is 3. The van der Waals surface area contributed by atoms with Crippen molar-refractivity contribution in [1.29, 1.82) is 0 Å². The van der Waals surface area contributed by atoms with Crippen molar-refractivity contribution in [3.63, 3.8) is 0 Å². The second-order valence-corrected chi connectivity index (χ2v) is 8.73. The fraction of sp³-hybridized carbons (Fsp3) is 0.0909. The molecule has 0 atom stereocenters. The molecule has 29 heavy (non-hydrogen) atoms. The predicted molar refractivity (Wildman–Crippen MR) is 115 cm³/mol. The van der Waals surface area contributed by atoms with E-state index >= 15 is 0 Å². The van der Waals surface area contributed by atoms with Crippen molar-refractivity contribution in [1.82, 2.24) is 0 Å². The van der Waals surface area contributed by atoms with Crippen molar-refractivity contribution in [3.05, 3.63) is 87.8 Å². The third-order valence-corrected chi connectivity index (χ3v) is 4.58. The van der Waals surface area contributed by atoms with E-state index in [2.05, 4.69) is 31.9 Å². The fourth-order valence-corrected chi connectivity index (χ4v) is 2.86. The van der Waals surface area contributed by atoms with Crippen LogP contribution >= 0.6 is 31.9 Å². The molecule has 3 aromatic carbocycles. The third kappa shape index (κ3) is 6.11. The van der Waals surface area contributed by atoms with Crippen LogP contribution in [0.25, 0.3) is 11.1 Å². The molecule has 0 saturated carbocycles. The van der Waals surface area contributed by atoms with Crippen LogP contribution in [0.5, 0.6) is 17.2 Å². The Hall–Kier alpha value is -2.25. The lowest BCUT2D eigenvalue weighted by molar-refractivity contribution is -0.138. The number of halogens is 5. The smallest absolute Gasteiger partial charge is 0.420 e. The maximum Gasteiger partial charge on any atom is 0.420 e. The van der Waals surface area contributed by atoms with Crippen molar-refractivity contribution >= 4 is 31.9 Å². The van der Waals surface area contributed by atoms with Gasteiger partial charge in [-0.1, -0.05) is 42.5 Å². The molecule has 3 aromatic rings. The number of benzene rings is 3. The van der Waals surface area contributed by atoms with Crippen molar-refractivity contribution in [2.24, 2.45) is 0 Å². The topological polar surface area (TPSA) is 18.5 Å². The van der Waals surface area contributed by atoms with Crippen LogP contribution in [0, 0.1) is 0 Å². The maximum atomic E-state index is 13.4. The molecule has 0 saturated heterocycles. The average Bonchev–Trinajstić information content (AvgIpc) is 2.69. The van der Waals surface area contributed by atoms with Gasteiger partial charge in [-0.3, -0.25) is 0 Å². The van der Waals surface area contributed by atoms with Crippen molar-refractivity contribution in [3.8, 4) is 28.4 Å². The van der Waals surface area contributed by atoms with Crippen molar-refractivity contribution in [2.45, 2.75) is 6.18 Å². The molecule has 3 rings (SSSR count).